The van der Waals surface area contributed by atoms with E-state index in [-0.39, 0.29) is 22.6 Å². The van der Waals surface area contributed by atoms with E-state index in [9.17, 15) is 9.59 Å². The van der Waals surface area contributed by atoms with Gasteiger partial charge >= 0.3 is 0 Å². The third-order valence-electron chi connectivity index (χ3n) is 2.30. The molecule has 2 aromatic rings. The van der Waals surface area contributed by atoms with Crippen LogP contribution in [0, 0.1) is 0 Å². The van der Waals surface area contributed by atoms with Crippen LogP contribution in [0.2, 0.25) is 0 Å². The summed E-state index contributed by atoms with van der Waals surface area (Å²) in [5.41, 5.74) is 10.3. The number of primary amides is 2. The maximum absolute atomic E-state index is 11.5. The first kappa shape index (κ1) is 8.59. The second kappa shape index (κ2) is 4.41. The highest BCUT2D eigenvalue weighted by Gasteiger charge is 2.21. The van der Waals surface area contributed by atoms with Crippen LogP contribution in [0.5, 0.6) is 0 Å². The lowest BCUT2D eigenvalue weighted by Crippen LogP contribution is -2.17. The van der Waals surface area contributed by atoms with Crippen molar-refractivity contribution in [2.45, 2.75) is 6.61 Å². The second-order valence-electron chi connectivity index (χ2n) is 3.40. The summed E-state index contributed by atoms with van der Waals surface area (Å²) in [5.74, 6) is -1.66. The van der Waals surface area contributed by atoms with Gasteiger partial charge in [0.1, 0.15) is 17.0 Å². The zero-order valence-corrected chi connectivity index (χ0v) is 9.08. The molecule has 0 saturated heterocycles. The number of amides is 2. The van der Waals surface area contributed by atoms with Crippen LogP contribution >= 0.6 is 0 Å². The average molecular weight is 252 g/mol. The Kier molecular flexibility index (Phi) is 2.11. The predicted molar refractivity (Wildman–Crippen MR) is 60.7 cm³/mol. The van der Waals surface area contributed by atoms with Crippen molar-refractivity contribution in [1.29, 1.82) is 0 Å². The third-order valence-corrected chi connectivity index (χ3v) is 2.30. The van der Waals surface area contributed by atoms with E-state index in [1.54, 1.807) is 0 Å². The first-order valence-electron chi connectivity index (χ1n) is 6.31. The quantitative estimate of drug-likeness (QED) is 0.727. The highest BCUT2D eigenvalue weighted by molar-refractivity contribution is 6.01. The molecule has 2 aromatic heterocycles. The lowest BCUT2D eigenvalue weighted by Gasteiger charge is -1.98. The van der Waals surface area contributed by atoms with E-state index in [0.717, 1.165) is 4.52 Å². The highest BCUT2D eigenvalue weighted by atomic mass is 16.5. The molecular formula is C10H11N5O3. The number of methoxy groups -OCH3 is 1. The monoisotopic (exact) mass is 252 g/mol. The van der Waals surface area contributed by atoms with Gasteiger partial charge in [0.2, 0.25) is 0 Å². The van der Waals surface area contributed by atoms with E-state index in [1.807, 2.05) is 0 Å². The van der Waals surface area contributed by atoms with Crippen LogP contribution in [0.3, 0.4) is 0 Å². The summed E-state index contributed by atoms with van der Waals surface area (Å²) in [6.07, 6.45) is 1.26. The molecule has 0 aliphatic rings. The topological polar surface area (TPSA) is 126 Å². The van der Waals surface area contributed by atoms with E-state index in [1.165, 1.54) is 12.3 Å². The van der Waals surface area contributed by atoms with Gasteiger partial charge in [0.15, 0.2) is 5.65 Å². The molecule has 0 saturated carbocycles. The fourth-order valence-corrected chi connectivity index (χ4v) is 1.60. The van der Waals surface area contributed by atoms with Crippen molar-refractivity contribution in [2.24, 2.45) is 11.5 Å². The van der Waals surface area contributed by atoms with Gasteiger partial charge < -0.3 is 16.2 Å². The van der Waals surface area contributed by atoms with Crippen LogP contribution in [0.25, 0.3) is 5.65 Å². The fourth-order valence-electron chi connectivity index (χ4n) is 1.60. The van der Waals surface area contributed by atoms with Gasteiger partial charge in [-0.15, -0.1) is 0 Å². The molecule has 0 fully saturated rings. The molecule has 4 N–H and O–H groups in total. The van der Waals surface area contributed by atoms with Crippen LogP contribution in [-0.4, -0.2) is 33.5 Å². The van der Waals surface area contributed by atoms with Crippen molar-refractivity contribution >= 4 is 17.5 Å². The van der Waals surface area contributed by atoms with Gasteiger partial charge in [0.25, 0.3) is 11.8 Å². The van der Waals surface area contributed by atoms with Crippen molar-refractivity contribution in [2.75, 3.05) is 7.04 Å². The number of carbonyl (C=O) groups is 2. The highest BCUT2D eigenvalue weighted by Crippen LogP contribution is 2.15. The van der Waals surface area contributed by atoms with E-state index in [2.05, 4.69) is 14.8 Å². The molecule has 2 rings (SSSR count). The summed E-state index contributed by atoms with van der Waals surface area (Å²) in [5, 5.41) is 3.94. The maximum Gasteiger partial charge on any atom is 0.267 e. The Morgan fingerprint density at radius 3 is 2.89 bits per heavy atom. The van der Waals surface area contributed by atoms with Crippen LogP contribution in [0.1, 0.15) is 30.7 Å². The standard InChI is InChI=1S/C10H11N5O3/c1-18-4-5-7(9(12)17)10-13-3-2-6(8(11)16)15(10)14-5/h2-3H,4H2,1H3,(H2,11,16)(H2,12,17)/i1D3. The molecule has 0 spiro atoms. The van der Waals surface area contributed by atoms with Gasteiger partial charge in [0, 0.05) is 13.2 Å². The fraction of sp³-hybridized carbons (Fsp3) is 0.200. The first-order chi connectivity index (χ1) is 9.70. The summed E-state index contributed by atoms with van der Waals surface area (Å²) < 4.78 is 26.6. The smallest absolute Gasteiger partial charge is 0.267 e. The second-order valence-corrected chi connectivity index (χ2v) is 3.40. The molecular weight excluding hydrogens is 238 g/mol. The average Bonchev–Trinajstić information content (AvgIpc) is 2.73. The SMILES string of the molecule is [2H]C([2H])([2H])OCc1nn2c(C(N)=O)ccnc2c1C(N)=O. The summed E-state index contributed by atoms with van der Waals surface area (Å²) >= 11 is 0. The molecule has 0 radical (unpaired) electrons. The zero-order valence-electron chi connectivity index (χ0n) is 12.1. The number of nitrogens with two attached hydrogens (primary N) is 2. The molecule has 2 amide bonds. The van der Waals surface area contributed by atoms with Gasteiger partial charge in [-0.2, -0.15) is 5.10 Å². The molecule has 8 heteroatoms. The molecule has 0 bridgehead atoms. The van der Waals surface area contributed by atoms with Crippen molar-refractivity contribution in [1.82, 2.24) is 14.6 Å². The number of aromatic nitrogens is 3. The number of nitrogens with zero attached hydrogens (tertiary/aromatic N) is 3. The summed E-state index contributed by atoms with van der Waals surface area (Å²) in [7, 11) is -2.66. The lowest BCUT2D eigenvalue weighted by molar-refractivity contribution is 0.0985. The Morgan fingerprint density at radius 1 is 1.50 bits per heavy atom. The molecule has 0 aliphatic carbocycles. The Morgan fingerprint density at radius 2 is 2.28 bits per heavy atom. The number of fused-ring (bicyclic) bond motifs is 1. The Balaban J connectivity index is 2.59. The number of hydrogen-bond donors (Lipinski definition) is 2. The normalized spacial score (nSPS) is 13.9. The predicted octanol–water partition coefficient (Wildman–Crippen LogP) is -0.926. The summed E-state index contributed by atoms with van der Waals surface area (Å²) in [4.78, 5) is 26.7. The molecule has 8 nitrogen and oxygen atoms in total. The van der Waals surface area contributed by atoms with E-state index < -0.39 is 25.5 Å². The van der Waals surface area contributed by atoms with Crippen LogP contribution < -0.4 is 11.5 Å². The van der Waals surface area contributed by atoms with Gasteiger partial charge in [-0.1, -0.05) is 0 Å². The van der Waals surface area contributed by atoms with Crippen LogP contribution in [0.4, 0.5) is 0 Å². The Bertz CT molecular complexity index is 725. The molecule has 0 aliphatic heterocycles. The third kappa shape index (κ3) is 1.78. The minimum Gasteiger partial charge on any atom is -0.378 e. The molecule has 94 valence electrons. The number of carbonyl (C=O) groups excluding carboxylic acids is 2. The lowest BCUT2D eigenvalue weighted by atomic mass is 10.2. The number of rotatable bonds is 4. The van der Waals surface area contributed by atoms with Crippen LogP contribution in [-0.2, 0) is 11.3 Å². The minimum absolute atomic E-state index is 0.00272. The molecule has 18 heavy (non-hydrogen) atoms. The van der Waals surface area contributed by atoms with Crippen molar-refractivity contribution < 1.29 is 18.4 Å². The number of ether oxygens (including phenoxy) is 1. The maximum atomic E-state index is 11.5. The summed E-state index contributed by atoms with van der Waals surface area (Å²) in [6.45, 7) is -0.490. The van der Waals surface area contributed by atoms with E-state index >= 15 is 0 Å². The Hall–Kier alpha value is -2.48. The minimum atomic E-state index is -2.66. The van der Waals surface area contributed by atoms with E-state index in [4.69, 9.17) is 15.6 Å². The molecule has 2 heterocycles. The molecule has 0 aromatic carbocycles. The van der Waals surface area contributed by atoms with Crippen molar-refractivity contribution in [3.05, 3.63) is 29.2 Å². The number of hydrogen-bond acceptors (Lipinski definition) is 5. The van der Waals surface area contributed by atoms with Gasteiger partial charge in [-0.25, -0.2) is 9.50 Å². The Labute approximate surface area is 106 Å². The molecule has 0 unspecified atom stereocenters. The van der Waals surface area contributed by atoms with Crippen molar-refractivity contribution in [3.8, 4) is 0 Å². The van der Waals surface area contributed by atoms with Gasteiger partial charge in [-0.3, -0.25) is 9.59 Å². The largest absolute Gasteiger partial charge is 0.378 e. The summed E-state index contributed by atoms with van der Waals surface area (Å²) in [6, 6.07) is 1.31. The first-order valence-corrected chi connectivity index (χ1v) is 4.81. The van der Waals surface area contributed by atoms with Crippen molar-refractivity contribution in [3.63, 3.8) is 0 Å². The van der Waals surface area contributed by atoms with Crippen LogP contribution in [0.15, 0.2) is 12.3 Å². The van der Waals surface area contributed by atoms with Gasteiger partial charge in [0.05, 0.1) is 10.7 Å². The zero-order chi connectivity index (χ0) is 15.8. The van der Waals surface area contributed by atoms with E-state index in [0.29, 0.717) is 0 Å². The van der Waals surface area contributed by atoms with Gasteiger partial charge in [-0.05, 0) is 6.07 Å². The molecule has 0 atom stereocenters.